The van der Waals surface area contributed by atoms with Gasteiger partial charge in [0.2, 0.25) is 0 Å². The van der Waals surface area contributed by atoms with Crippen molar-refractivity contribution in [3.05, 3.63) is 35.8 Å². The van der Waals surface area contributed by atoms with E-state index in [-0.39, 0.29) is 23.3 Å². The first-order chi connectivity index (χ1) is 11.6. The number of pyridine rings is 1. The van der Waals surface area contributed by atoms with Crippen LogP contribution in [0.3, 0.4) is 0 Å². The summed E-state index contributed by atoms with van der Waals surface area (Å²) in [5.74, 6) is -0.584. The monoisotopic (exact) mass is 330 g/mol. The summed E-state index contributed by atoms with van der Waals surface area (Å²) >= 11 is 0. The van der Waals surface area contributed by atoms with E-state index in [1.807, 2.05) is 4.90 Å². The number of halogens is 1. The second-order valence-electron chi connectivity index (χ2n) is 6.60. The molecule has 6 heteroatoms. The van der Waals surface area contributed by atoms with Gasteiger partial charge < -0.3 is 14.7 Å². The molecule has 1 aromatic carbocycles. The number of amides is 1. The van der Waals surface area contributed by atoms with Crippen molar-refractivity contribution >= 4 is 16.8 Å². The van der Waals surface area contributed by atoms with Crippen LogP contribution < -0.4 is 0 Å². The average molecular weight is 330 g/mol. The number of ether oxygens (including phenoxy) is 1. The summed E-state index contributed by atoms with van der Waals surface area (Å²) in [7, 11) is 0. The molecule has 24 heavy (non-hydrogen) atoms. The van der Waals surface area contributed by atoms with Crippen LogP contribution in [0.4, 0.5) is 4.39 Å². The number of aromatic hydroxyl groups is 1. The molecule has 2 fully saturated rings. The van der Waals surface area contributed by atoms with E-state index < -0.39 is 5.82 Å². The van der Waals surface area contributed by atoms with Gasteiger partial charge >= 0.3 is 0 Å². The predicted molar refractivity (Wildman–Crippen MR) is 86.4 cm³/mol. The fraction of sp³-hybridized carbons (Fsp3) is 0.444. The maximum absolute atomic E-state index is 13.7. The van der Waals surface area contributed by atoms with Crippen LogP contribution in [0, 0.1) is 11.7 Å². The fourth-order valence-corrected chi connectivity index (χ4v) is 3.31. The maximum Gasteiger partial charge on any atom is 0.258 e. The van der Waals surface area contributed by atoms with Gasteiger partial charge in [-0.2, -0.15) is 0 Å². The second kappa shape index (κ2) is 6.02. The Bertz CT molecular complexity index is 780. The maximum atomic E-state index is 13.7. The van der Waals surface area contributed by atoms with E-state index in [1.165, 1.54) is 24.4 Å². The SMILES string of the molecule is O=C(c1c(O)cnc2ccc(F)cc12)N(CC1CCOC1)C1CC1. The second-order valence-corrected chi connectivity index (χ2v) is 6.60. The Hall–Kier alpha value is -2.21. The number of hydrogen-bond acceptors (Lipinski definition) is 4. The Morgan fingerprint density at radius 3 is 2.92 bits per heavy atom. The summed E-state index contributed by atoms with van der Waals surface area (Å²) in [5, 5.41) is 10.6. The first-order valence-electron chi connectivity index (χ1n) is 8.29. The summed E-state index contributed by atoms with van der Waals surface area (Å²) < 4.78 is 19.1. The molecule has 1 saturated heterocycles. The van der Waals surface area contributed by atoms with Crippen molar-refractivity contribution in [3.8, 4) is 5.75 Å². The Balaban J connectivity index is 1.72. The van der Waals surface area contributed by atoms with Gasteiger partial charge in [0.15, 0.2) is 0 Å². The van der Waals surface area contributed by atoms with Crippen LogP contribution >= 0.6 is 0 Å². The van der Waals surface area contributed by atoms with Gasteiger partial charge in [-0.05, 0) is 37.5 Å². The molecule has 5 nitrogen and oxygen atoms in total. The Kier molecular flexibility index (Phi) is 3.84. The molecule has 2 heterocycles. The number of benzene rings is 1. The van der Waals surface area contributed by atoms with Gasteiger partial charge in [-0.1, -0.05) is 0 Å². The highest BCUT2D eigenvalue weighted by Crippen LogP contribution is 2.34. The third kappa shape index (κ3) is 2.82. The molecule has 1 saturated carbocycles. The molecule has 1 atom stereocenters. The molecule has 4 rings (SSSR count). The predicted octanol–water partition coefficient (Wildman–Crippen LogP) is 2.72. The van der Waals surface area contributed by atoms with Crippen LogP contribution in [0.1, 0.15) is 29.6 Å². The number of carbonyl (C=O) groups excluding carboxylic acids is 1. The van der Waals surface area contributed by atoms with E-state index in [0.717, 1.165) is 25.9 Å². The lowest BCUT2D eigenvalue weighted by atomic mass is 10.0. The molecule has 1 unspecified atom stereocenters. The summed E-state index contributed by atoms with van der Waals surface area (Å²) in [4.78, 5) is 19.0. The highest BCUT2D eigenvalue weighted by Gasteiger charge is 2.36. The van der Waals surface area contributed by atoms with Crippen molar-refractivity contribution in [2.24, 2.45) is 5.92 Å². The largest absolute Gasteiger partial charge is 0.505 e. The smallest absolute Gasteiger partial charge is 0.258 e. The first-order valence-corrected chi connectivity index (χ1v) is 8.29. The van der Waals surface area contributed by atoms with Crippen LogP contribution in [0.2, 0.25) is 0 Å². The third-order valence-corrected chi connectivity index (χ3v) is 4.75. The van der Waals surface area contributed by atoms with Gasteiger partial charge in [0, 0.05) is 30.5 Å². The number of hydrogen-bond donors (Lipinski definition) is 1. The van der Waals surface area contributed by atoms with Crippen LogP contribution in [0.5, 0.6) is 5.75 Å². The van der Waals surface area contributed by atoms with E-state index in [0.29, 0.717) is 30.0 Å². The lowest BCUT2D eigenvalue weighted by molar-refractivity contribution is 0.0705. The lowest BCUT2D eigenvalue weighted by Gasteiger charge is -2.26. The summed E-state index contributed by atoms with van der Waals surface area (Å²) in [6, 6.07) is 4.29. The summed E-state index contributed by atoms with van der Waals surface area (Å²) in [6.45, 7) is 2.00. The zero-order chi connectivity index (χ0) is 16.7. The van der Waals surface area contributed by atoms with Crippen LogP contribution in [-0.4, -0.2) is 46.7 Å². The first kappa shape index (κ1) is 15.3. The zero-order valence-electron chi connectivity index (χ0n) is 13.2. The van der Waals surface area contributed by atoms with E-state index in [2.05, 4.69) is 4.98 Å². The van der Waals surface area contributed by atoms with Crippen molar-refractivity contribution in [2.45, 2.75) is 25.3 Å². The molecular formula is C18H19FN2O3. The third-order valence-electron chi connectivity index (χ3n) is 4.75. The Labute approximate surface area is 139 Å². The van der Waals surface area contributed by atoms with Crippen molar-refractivity contribution < 1.29 is 19.0 Å². The molecule has 1 aliphatic heterocycles. The van der Waals surface area contributed by atoms with Gasteiger partial charge in [-0.25, -0.2) is 4.39 Å². The van der Waals surface area contributed by atoms with Crippen molar-refractivity contribution in [2.75, 3.05) is 19.8 Å². The van der Waals surface area contributed by atoms with Crippen molar-refractivity contribution in [1.82, 2.24) is 9.88 Å². The topological polar surface area (TPSA) is 62.7 Å². The molecule has 1 aromatic heterocycles. The van der Waals surface area contributed by atoms with E-state index >= 15 is 0 Å². The Morgan fingerprint density at radius 2 is 2.21 bits per heavy atom. The normalized spacial score (nSPS) is 20.5. The van der Waals surface area contributed by atoms with Crippen molar-refractivity contribution in [1.29, 1.82) is 0 Å². The van der Waals surface area contributed by atoms with Gasteiger partial charge in [-0.15, -0.1) is 0 Å². The van der Waals surface area contributed by atoms with Gasteiger partial charge in [0.05, 0.1) is 23.9 Å². The van der Waals surface area contributed by atoms with Crippen LogP contribution in [0.15, 0.2) is 24.4 Å². The van der Waals surface area contributed by atoms with E-state index in [1.54, 1.807) is 0 Å². The number of carbonyl (C=O) groups is 1. The quantitative estimate of drug-likeness (QED) is 0.936. The van der Waals surface area contributed by atoms with E-state index in [4.69, 9.17) is 4.74 Å². The number of rotatable bonds is 4. The zero-order valence-corrected chi connectivity index (χ0v) is 13.2. The minimum atomic E-state index is -0.453. The molecule has 0 spiro atoms. The molecule has 1 N–H and O–H groups in total. The number of fused-ring (bicyclic) bond motifs is 1. The van der Waals surface area contributed by atoms with Crippen molar-refractivity contribution in [3.63, 3.8) is 0 Å². The molecular weight excluding hydrogens is 311 g/mol. The average Bonchev–Trinajstić information content (AvgIpc) is 3.28. The molecule has 2 aromatic rings. The minimum Gasteiger partial charge on any atom is -0.505 e. The molecule has 1 aliphatic carbocycles. The number of nitrogens with zero attached hydrogens (tertiary/aromatic N) is 2. The highest BCUT2D eigenvalue weighted by atomic mass is 19.1. The van der Waals surface area contributed by atoms with Crippen LogP contribution in [0.25, 0.3) is 10.9 Å². The summed E-state index contributed by atoms with van der Waals surface area (Å²) in [6.07, 6.45) is 4.14. The molecule has 126 valence electrons. The van der Waals surface area contributed by atoms with Gasteiger partial charge in [0.1, 0.15) is 11.6 Å². The fourth-order valence-electron chi connectivity index (χ4n) is 3.31. The number of aromatic nitrogens is 1. The van der Waals surface area contributed by atoms with Crippen LogP contribution in [-0.2, 0) is 4.74 Å². The lowest BCUT2D eigenvalue weighted by Crippen LogP contribution is -2.37. The molecule has 1 amide bonds. The minimum absolute atomic E-state index is 0.144. The molecule has 0 bridgehead atoms. The Morgan fingerprint density at radius 1 is 1.38 bits per heavy atom. The van der Waals surface area contributed by atoms with E-state index in [9.17, 15) is 14.3 Å². The summed E-state index contributed by atoms with van der Waals surface area (Å²) in [5.41, 5.74) is 0.641. The standard InChI is InChI=1S/C18H19FN2O3/c19-12-1-4-15-14(7-12)17(16(22)8-20-15)18(23)21(13-2-3-13)9-11-5-6-24-10-11/h1,4,7-8,11,13,22H,2-3,5-6,9-10H2. The van der Waals surface area contributed by atoms with Gasteiger partial charge in [-0.3, -0.25) is 9.78 Å². The molecule has 0 radical (unpaired) electrons. The molecule has 2 aliphatic rings. The van der Waals surface area contributed by atoms with Gasteiger partial charge in [0.25, 0.3) is 5.91 Å². The highest BCUT2D eigenvalue weighted by molar-refractivity contribution is 6.08.